The lowest BCUT2D eigenvalue weighted by Crippen LogP contribution is -2.70. The topological polar surface area (TPSA) is 55.4 Å². The number of hydrogen-bond donors (Lipinski definition) is 1. The van der Waals surface area contributed by atoms with Crippen LogP contribution in [0.1, 0.15) is 78.7 Å². The Morgan fingerprint density at radius 2 is 1.53 bits per heavy atom. The van der Waals surface area contributed by atoms with Gasteiger partial charge in [0.05, 0.1) is 0 Å². The van der Waals surface area contributed by atoms with Crippen LogP contribution >= 0.6 is 0 Å². The Bertz CT molecular complexity index is 798. The van der Waals surface area contributed by atoms with Gasteiger partial charge in [0.1, 0.15) is 10.6 Å². The fourth-order valence-corrected chi connectivity index (χ4v) is 8.18. The van der Waals surface area contributed by atoms with Crippen LogP contribution in [-0.2, 0) is 21.7 Å². The SMILES string of the molecule is CCN(CC)C(=O)[C@](N[S+]([O-])C(C)(C)C)(c1ccc(F)cc1)C12CC3CC(CC(C3)C1)C2. The standard InChI is InChI=1S/C26H39FN2O2S/c1-6-29(7-2)23(30)26(28-32(31)24(3,4)5,21-8-10-22(27)11-9-21)25-15-18-12-19(16-25)14-20(13-18)17-25/h8-11,18-20,28H,6-7,12-17H2,1-5H3/t18?,19?,20?,25?,26-,32?/m1/s1. The fraction of sp³-hybridized carbons (Fsp3) is 0.731. The van der Waals surface area contributed by atoms with Gasteiger partial charge in [0, 0.05) is 29.9 Å². The van der Waals surface area contributed by atoms with Gasteiger partial charge in [-0.2, -0.15) is 0 Å². The zero-order valence-corrected chi connectivity index (χ0v) is 21.1. The zero-order valence-electron chi connectivity index (χ0n) is 20.2. The molecule has 4 saturated carbocycles. The van der Waals surface area contributed by atoms with Crippen molar-refractivity contribution < 1.29 is 13.7 Å². The lowest BCUT2D eigenvalue weighted by Gasteiger charge is -2.63. The van der Waals surface area contributed by atoms with Crippen LogP contribution in [0.3, 0.4) is 0 Å². The third-order valence-corrected chi connectivity index (χ3v) is 9.89. The average molecular weight is 463 g/mol. The Kier molecular flexibility index (Phi) is 6.45. The number of carbonyl (C=O) groups is 1. The minimum absolute atomic E-state index is 0.00587. The third kappa shape index (κ3) is 3.90. The molecule has 32 heavy (non-hydrogen) atoms. The second kappa shape index (κ2) is 8.59. The molecule has 4 aliphatic carbocycles. The highest BCUT2D eigenvalue weighted by Crippen LogP contribution is 2.66. The molecule has 0 heterocycles. The predicted molar refractivity (Wildman–Crippen MR) is 128 cm³/mol. The summed E-state index contributed by atoms with van der Waals surface area (Å²) in [7, 11) is 0. The summed E-state index contributed by atoms with van der Waals surface area (Å²) in [4.78, 5) is 16.4. The van der Waals surface area contributed by atoms with E-state index in [1.165, 1.54) is 31.4 Å². The molecule has 178 valence electrons. The van der Waals surface area contributed by atoms with Gasteiger partial charge in [-0.25, -0.2) is 4.39 Å². The molecule has 5 rings (SSSR count). The maximum Gasteiger partial charge on any atom is 0.252 e. The van der Waals surface area contributed by atoms with Crippen LogP contribution in [-0.4, -0.2) is 33.2 Å². The fourth-order valence-electron chi connectivity index (χ4n) is 7.18. The van der Waals surface area contributed by atoms with E-state index < -0.39 is 21.6 Å². The van der Waals surface area contributed by atoms with E-state index in [-0.39, 0.29) is 17.1 Å². The Balaban J connectivity index is 1.94. The van der Waals surface area contributed by atoms with Crippen molar-refractivity contribution in [1.29, 1.82) is 0 Å². The summed E-state index contributed by atoms with van der Waals surface area (Å²) >= 11 is -1.46. The highest BCUT2D eigenvalue weighted by atomic mass is 32.2. The second-order valence-electron chi connectivity index (χ2n) is 11.4. The van der Waals surface area contributed by atoms with Crippen LogP contribution in [0.5, 0.6) is 0 Å². The first-order valence-electron chi connectivity index (χ1n) is 12.3. The smallest absolute Gasteiger partial charge is 0.252 e. The van der Waals surface area contributed by atoms with Gasteiger partial charge >= 0.3 is 0 Å². The monoisotopic (exact) mass is 462 g/mol. The minimum atomic E-state index is -1.46. The van der Waals surface area contributed by atoms with Gasteiger partial charge in [0.25, 0.3) is 5.91 Å². The minimum Gasteiger partial charge on any atom is -0.598 e. The molecular weight excluding hydrogens is 423 g/mol. The first-order chi connectivity index (χ1) is 15.0. The van der Waals surface area contributed by atoms with Crippen molar-refractivity contribution in [1.82, 2.24) is 9.62 Å². The maximum absolute atomic E-state index is 14.5. The number of nitrogens with zero attached hydrogens (tertiary/aromatic N) is 1. The lowest BCUT2D eigenvalue weighted by atomic mass is 9.43. The van der Waals surface area contributed by atoms with Crippen LogP contribution in [0.4, 0.5) is 4.39 Å². The normalized spacial score (nSPS) is 31.9. The number of halogens is 1. The molecule has 4 aliphatic rings. The van der Waals surface area contributed by atoms with Crippen LogP contribution in [0, 0.1) is 29.0 Å². The molecule has 0 aliphatic heterocycles. The van der Waals surface area contributed by atoms with E-state index in [9.17, 15) is 13.7 Å². The third-order valence-electron chi connectivity index (χ3n) is 8.28. The molecule has 4 bridgehead atoms. The molecule has 0 radical (unpaired) electrons. The van der Waals surface area contributed by atoms with E-state index in [0.29, 0.717) is 30.8 Å². The molecule has 1 N–H and O–H groups in total. The van der Waals surface area contributed by atoms with Crippen molar-refractivity contribution in [3.63, 3.8) is 0 Å². The lowest BCUT2D eigenvalue weighted by molar-refractivity contribution is -0.159. The number of amides is 1. The number of carbonyl (C=O) groups excluding carboxylic acids is 1. The van der Waals surface area contributed by atoms with E-state index in [1.807, 2.05) is 39.5 Å². The second-order valence-corrected chi connectivity index (χ2v) is 13.4. The molecule has 0 aromatic heterocycles. The van der Waals surface area contributed by atoms with Gasteiger partial charge in [-0.1, -0.05) is 12.1 Å². The molecule has 1 aromatic carbocycles. The highest BCUT2D eigenvalue weighted by molar-refractivity contribution is 7.90. The number of rotatable bonds is 7. The van der Waals surface area contributed by atoms with Crippen LogP contribution < -0.4 is 4.72 Å². The van der Waals surface area contributed by atoms with E-state index in [4.69, 9.17) is 0 Å². The molecule has 1 unspecified atom stereocenters. The first kappa shape index (κ1) is 24.0. The van der Waals surface area contributed by atoms with Crippen molar-refractivity contribution in [2.75, 3.05) is 13.1 Å². The van der Waals surface area contributed by atoms with Gasteiger partial charge in [-0.05, 0) is 109 Å². The van der Waals surface area contributed by atoms with Crippen molar-refractivity contribution in [2.24, 2.45) is 23.2 Å². The summed E-state index contributed by atoms with van der Waals surface area (Å²) in [6, 6.07) is 6.40. The zero-order chi connectivity index (χ0) is 23.3. The predicted octanol–water partition coefficient (Wildman–Crippen LogP) is 5.16. The highest BCUT2D eigenvalue weighted by Gasteiger charge is 2.67. The summed E-state index contributed by atoms with van der Waals surface area (Å²) in [5.41, 5.74) is -0.670. The molecule has 6 heteroatoms. The molecule has 1 aromatic rings. The quantitative estimate of drug-likeness (QED) is 0.570. The largest absolute Gasteiger partial charge is 0.598 e. The molecule has 0 saturated heterocycles. The summed E-state index contributed by atoms with van der Waals surface area (Å²) in [6.07, 6.45) is 6.66. The van der Waals surface area contributed by atoms with E-state index >= 15 is 0 Å². The van der Waals surface area contributed by atoms with Gasteiger partial charge in [0.2, 0.25) is 0 Å². The van der Waals surface area contributed by atoms with Gasteiger partial charge in [0.15, 0.2) is 5.54 Å². The number of hydrogen-bond acceptors (Lipinski definition) is 3. The number of likely N-dealkylation sites (N-methyl/N-ethyl adjacent to an activating group) is 1. The van der Waals surface area contributed by atoms with Gasteiger partial charge in [-0.15, -0.1) is 4.72 Å². The van der Waals surface area contributed by atoms with Crippen molar-refractivity contribution in [3.8, 4) is 0 Å². The molecular formula is C26H39FN2O2S. The first-order valence-corrected chi connectivity index (χ1v) is 13.4. The van der Waals surface area contributed by atoms with Gasteiger partial charge in [-0.3, -0.25) is 4.79 Å². The Hall–Kier alpha value is -1.11. The van der Waals surface area contributed by atoms with Crippen LogP contribution in [0.15, 0.2) is 24.3 Å². The van der Waals surface area contributed by atoms with Crippen molar-refractivity contribution >= 4 is 17.3 Å². The number of benzene rings is 1. The van der Waals surface area contributed by atoms with E-state index in [2.05, 4.69) is 4.72 Å². The molecule has 4 fully saturated rings. The van der Waals surface area contributed by atoms with Gasteiger partial charge < -0.3 is 9.45 Å². The van der Waals surface area contributed by atoms with Crippen molar-refractivity contribution in [2.45, 2.75) is 83.4 Å². The van der Waals surface area contributed by atoms with E-state index in [0.717, 1.165) is 24.8 Å². The molecule has 4 nitrogen and oxygen atoms in total. The molecule has 1 amide bonds. The van der Waals surface area contributed by atoms with Crippen LogP contribution in [0.2, 0.25) is 0 Å². The Morgan fingerprint density at radius 1 is 1.06 bits per heavy atom. The Morgan fingerprint density at radius 3 is 1.94 bits per heavy atom. The summed E-state index contributed by atoms with van der Waals surface area (Å²) in [5, 5.41) is 0. The molecule has 0 spiro atoms. The maximum atomic E-state index is 14.5. The molecule has 2 atom stereocenters. The number of nitrogens with one attached hydrogen (secondary N) is 1. The van der Waals surface area contributed by atoms with E-state index in [1.54, 1.807) is 12.1 Å². The summed E-state index contributed by atoms with van der Waals surface area (Å²) in [6.45, 7) is 11.0. The van der Waals surface area contributed by atoms with Crippen molar-refractivity contribution in [3.05, 3.63) is 35.6 Å². The Labute approximate surface area is 196 Å². The summed E-state index contributed by atoms with van der Waals surface area (Å²) in [5.74, 6) is 1.54. The van der Waals surface area contributed by atoms with Crippen LogP contribution in [0.25, 0.3) is 0 Å². The summed E-state index contributed by atoms with van der Waals surface area (Å²) < 4.78 is 30.6. The average Bonchev–Trinajstić information content (AvgIpc) is 2.71.